The largest absolute Gasteiger partial charge is 2.00 e. The molecule has 0 bridgehead atoms. The van der Waals surface area contributed by atoms with E-state index in [-0.39, 0.29) is 36.5 Å². The first-order valence-electron chi connectivity index (χ1n) is 0.704. The molecule has 0 fully saturated rings. The van der Waals surface area contributed by atoms with E-state index in [1.165, 1.54) is 0 Å². The van der Waals surface area contributed by atoms with Gasteiger partial charge < -0.3 is 16.3 Å². The standard InChI is InChI=1S/CH3N2O.Mn.Zn/c2-1(3)4;;/h(H3-,2,3,4);;/q-1;;+2/p-1. The Hall–Kier alpha value is 0.413. The Bertz CT molecular complexity index is 36.5. The van der Waals surface area contributed by atoms with Gasteiger partial charge >= 0.3 is 19.5 Å². The minimum atomic E-state index is -1.33. The molecule has 2 amide bonds. The molecule has 0 atom stereocenters. The molecule has 0 aromatic carbocycles. The van der Waals surface area contributed by atoms with Gasteiger partial charge in [-0.25, -0.2) is 0 Å². The molecule has 3 nitrogen and oxygen atoms in total. The topological polar surface area (TPSA) is 64.7 Å². The van der Waals surface area contributed by atoms with Gasteiger partial charge in [-0.2, -0.15) is 0 Å². The van der Waals surface area contributed by atoms with Crippen LogP contribution in [0.5, 0.6) is 0 Å². The van der Waals surface area contributed by atoms with Gasteiger partial charge in [-0.15, -0.1) is 0 Å². The molecule has 1 radical (unpaired) electrons. The van der Waals surface area contributed by atoms with E-state index in [0.717, 1.165) is 0 Å². The van der Waals surface area contributed by atoms with Gasteiger partial charge in [-0.3, -0.25) is 0 Å². The molecule has 0 aliphatic rings. The number of hydrogen-bond donors (Lipinski definition) is 0. The fourth-order valence-electron chi connectivity index (χ4n) is 0. The molecule has 0 saturated carbocycles. The summed E-state index contributed by atoms with van der Waals surface area (Å²) in [6, 6.07) is -1.33. The zero-order valence-electron chi connectivity index (χ0n) is 2.99. The van der Waals surface area contributed by atoms with Crippen molar-refractivity contribution in [2.75, 3.05) is 0 Å². The third-order valence-corrected chi connectivity index (χ3v) is 0. The Morgan fingerprint density at radius 2 is 1.33 bits per heavy atom. The molecule has 0 unspecified atom stereocenters. The maximum Gasteiger partial charge on any atom is 2.00 e. The van der Waals surface area contributed by atoms with Crippen LogP contribution in [-0.4, -0.2) is 6.03 Å². The van der Waals surface area contributed by atoms with E-state index in [4.69, 9.17) is 16.3 Å². The van der Waals surface area contributed by atoms with Crippen LogP contribution in [-0.2, 0) is 36.5 Å². The number of carbonyl (C=O) groups excluding carboxylic acids is 1. The van der Waals surface area contributed by atoms with Gasteiger partial charge in [-0.1, -0.05) is 0 Å². The molecule has 0 aliphatic carbocycles. The Labute approximate surface area is 59.1 Å². The minimum Gasteiger partial charge on any atom is -0.684 e. The van der Waals surface area contributed by atoms with Crippen molar-refractivity contribution < 1.29 is 41.3 Å². The fraction of sp³-hybridized carbons (Fsp3) is 0. The van der Waals surface area contributed by atoms with Crippen LogP contribution in [0.15, 0.2) is 0 Å². The smallest absolute Gasteiger partial charge is 0.684 e. The van der Waals surface area contributed by atoms with E-state index in [2.05, 4.69) is 0 Å². The van der Waals surface area contributed by atoms with E-state index in [1.54, 1.807) is 0 Å². The van der Waals surface area contributed by atoms with Gasteiger partial charge in [-0.05, 0) is 6.03 Å². The first-order chi connectivity index (χ1) is 1.73. The van der Waals surface area contributed by atoms with Crippen molar-refractivity contribution >= 4 is 6.03 Å². The third-order valence-electron chi connectivity index (χ3n) is 0. The van der Waals surface area contributed by atoms with Crippen molar-refractivity contribution in [2.24, 2.45) is 0 Å². The Balaban J connectivity index is -0.0000000450. The molecule has 0 aromatic rings. The first kappa shape index (κ1) is 16.1. The predicted octanol–water partition coefficient (Wildman–Crippen LogP) is 1.21. The van der Waals surface area contributed by atoms with Crippen LogP contribution in [0.3, 0.4) is 0 Å². The summed E-state index contributed by atoms with van der Waals surface area (Å²) in [5.74, 6) is 0. The zero-order chi connectivity index (χ0) is 3.58. The van der Waals surface area contributed by atoms with Crippen molar-refractivity contribution in [3.8, 4) is 0 Å². The number of urea groups is 1. The monoisotopic (exact) mass is 177 g/mol. The number of nitrogens with one attached hydrogen (secondary N) is 2. The quantitative estimate of drug-likeness (QED) is 0.514. The zero-order valence-corrected chi connectivity index (χ0v) is 7.14. The number of amides is 2. The summed E-state index contributed by atoms with van der Waals surface area (Å²) in [5, 5.41) is 0. The predicted molar refractivity (Wildman–Crippen MR) is 14.0 cm³/mol. The van der Waals surface area contributed by atoms with Gasteiger partial charge in [0.25, 0.3) is 0 Å². The van der Waals surface area contributed by atoms with Crippen LogP contribution in [0, 0.1) is 0 Å². The maximum atomic E-state index is 8.78. The number of rotatable bonds is 0. The summed E-state index contributed by atoms with van der Waals surface area (Å²) >= 11 is 0. The summed E-state index contributed by atoms with van der Waals surface area (Å²) in [4.78, 5) is 8.78. The van der Waals surface area contributed by atoms with Gasteiger partial charge in [0.05, 0.1) is 0 Å². The molecule has 0 aromatic heterocycles. The Morgan fingerprint density at radius 3 is 1.33 bits per heavy atom. The molecule has 0 saturated heterocycles. The van der Waals surface area contributed by atoms with Gasteiger partial charge in [0.15, 0.2) is 0 Å². The van der Waals surface area contributed by atoms with E-state index >= 15 is 0 Å². The first-order valence-corrected chi connectivity index (χ1v) is 0.704. The van der Waals surface area contributed by atoms with E-state index in [1.807, 2.05) is 0 Å². The van der Waals surface area contributed by atoms with Gasteiger partial charge in [0.2, 0.25) is 0 Å². The van der Waals surface area contributed by atoms with Gasteiger partial charge in [0, 0.05) is 17.1 Å². The molecule has 6 heavy (non-hydrogen) atoms. The van der Waals surface area contributed by atoms with Crippen molar-refractivity contribution in [1.82, 2.24) is 0 Å². The SMILES string of the molecule is [Mn].[NH-]C([NH-])=O.[Zn+2]. The normalized spacial score (nSPS) is 4.00. The summed E-state index contributed by atoms with van der Waals surface area (Å²) in [5.41, 5.74) is 11.2. The van der Waals surface area contributed by atoms with Crippen LogP contribution in [0.1, 0.15) is 0 Å². The van der Waals surface area contributed by atoms with E-state index in [0.29, 0.717) is 0 Å². The molecular weight excluding hydrogens is 176 g/mol. The molecule has 5 heteroatoms. The molecule has 31 valence electrons. The van der Waals surface area contributed by atoms with E-state index < -0.39 is 6.03 Å². The van der Waals surface area contributed by atoms with Crippen molar-refractivity contribution in [3.05, 3.63) is 11.5 Å². The minimum absolute atomic E-state index is 0. The third kappa shape index (κ3) is 302. The summed E-state index contributed by atoms with van der Waals surface area (Å²) < 4.78 is 0. The molecule has 0 spiro atoms. The second kappa shape index (κ2) is 9.05. The fourth-order valence-corrected chi connectivity index (χ4v) is 0. The molecule has 0 rings (SSSR count). The second-order valence-electron chi connectivity index (χ2n) is 0.329. The second-order valence-corrected chi connectivity index (χ2v) is 0.329. The average molecular weight is 178 g/mol. The van der Waals surface area contributed by atoms with Crippen molar-refractivity contribution in [3.63, 3.8) is 0 Å². The summed E-state index contributed by atoms with van der Waals surface area (Å²) in [7, 11) is 0. The van der Waals surface area contributed by atoms with E-state index in [9.17, 15) is 0 Å². The summed E-state index contributed by atoms with van der Waals surface area (Å²) in [6.45, 7) is 0. The van der Waals surface area contributed by atoms with Crippen molar-refractivity contribution in [1.29, 1.82) is 0 Å². The Kier molecular flexibility index (Phi) is 24.3. The average Bonchev–Trinajstić information content (AvgIpc) is 0.811. The van der Waals surface area contributed by atoms with Crippen LogP contribution in [0.25, 0.3) is 11.5 Å². The number of hydrogen-bond acceptors (Lipinski definition) is 1. The maximum absolute atomic E-state index is 8.78. The van der Waals surface area contributed by atoms with Gasteiger partial charge in [0.1, 0.15) is 0 Å². The van der Waals surface area contributed by atoms with Crippen LogP contribution in [0.2, 0.25) is 0 Å². The summed E-state index contributed by atoms with van der Waals surface area (Å²) in [6.07, 6.45) is 0. The van der Waals surface area contributed by atoms with Crippen LogP contribution >= 0.6 is 0 Å². The van der Waals surface area contributed by atoms with Crippen LogP contribution in [0.4, 0.5) is 4.79 Å². The molecule has 0 aliphatic heterocycles. The molecule has 2 N–H and O–H groups in total. The van der Waals surface area contributed by atoms with Crippen LogP contribution < -0.4 is 0 Å². The Morgan fingerprint density at radius 1 is 1.33 bits per heavy atom. The molecule has 0 heterocycles. The molecular formula is CH2MnN2OZn. The van der Waals surface area contributed by atoms with Crippen molar-refractivity contribution in [2.45, 2.75) is 0 Å². The number of carbonyl (C=O) groups is 1.